The van der Waals surface area contributed by atoms with Crippen molar-refractivity contribution < 1.29 is 9.59 Å². The summed E-state index contributed by atoms with van der Waals surface area (Å²) in [6.45, 7) is 5.53. The highest BCUT2D eigenvalue weighted by Gasteiger charge is 2.27. The molecule has 0 bridgehead atoms. The first kappa shape index (κ1) is 17.0. The van der Waals surface area contributed by atoms with Gasteiger partial charge in [-0.05, 0) is 55.7 Å². The summed E-state index contributed by atoms with van der Waals surface area (Å²) in [6, 6.07) is 7.98. The van der Waals surface area contributed by atoms with Crippen LogP contribution in [0.3, 0.4) is 0 Å². The number of rotatable bonds is 4. The molecule has 0 unspecified atom stereocenters. The lowest BCUT2D eigenvalue weighted by Gasteiger charge is -2.36. The van der Waals surface area contributed by atoms with Crippen molar-refractivity contribution in [1.29, 1.82) is 0 Å². The Balaban J connectivity index is 1.50. The van der Waals surface area contributed by atoms with E-state index in [2.05, 4.69) is 6.92 Å². The lowest BCUT2D eigenvalue weighted by Crippen LogP contribution is -2.44. The second-order valence-electron chi connectivity index (χ2n) is 7.08. The number of carbonyl (C=O) groups is 2. The molecule has 0 N–H and O–H groups in total. The summed E-state index contributed by atoms with van der Waals surface area (Å²) in [7, 11) is 0. The van der Waals surface area contributed by atoms with Gasteiger partial charge < -0.3 is 9.80 Å². The molecular weight excluding hydrogens is 300 g/mol. The van der Waals surface area contributed by atoms with Crippen LogP contribution in [0.15, 0.2) is 24.3 Å². The Morgan fingerprint density at radius 2 is 1.79 bits per heavy atom. The SMILES string of the molecule is CCc1ccc(C(=O)N2CCC(CN3CCCCC3=O)CC2)cc1. The summed E-state index contributed by atoms with van der Waals surface area (Å²) in [5.41, 5.74) is 2.05. The molecule has 24 heavy (non-hydrogen) atoms. The highest BCUT2D eigenvalue weighted by Crippen LogP contribution is 2.22. The van der Waals surface area contributed by atoms with Crippen molar-refractivity contribution in [3.05, 3.63) is 35.4 Å². The quantitative estimate of drug-likeness (QED) is 0.852. The zero-order chi connectivity index (χ0) is 16.9. The summed E-state index contributed by atoms with van der Waals surface area (Å²) in [5.74, 6) is 1.000. The number of amides is 2. The molecule has 2 fully saturated rings. The molecule has 2 amide bonds. The van der Waals surface area contributed by atoms with Crippen LogP contribution < -0.4 is 0 Å². The van der Waals surface area contributed by atoms with Crippen molar-refractivity contribution in [3.63, 3.8) is 0 Å². The lowest BCUT2D eigenvalue weighted by molar-refractivity contribution is -0.134. The zero-order valence-electron chi connectivity index (χ0n) is 14.7. The number of nitrogens with zero attached hydrogens (tertiary/aromatic N) is 2. The second-order valence-corrected chi connectivity index (χ2v) is 7.08. The van der Waals surface area contributed by atoms with Gasteiger partial charge in [0, 0.05) is 38.2 Å². The smallest absolute Gasteiger partial charge is 0.253 e. The molecule has 1 aromatic rings. The van der Waals surface area contributed by atoms with Crippen LogP contribution in [0, 0.1) is 5.92 Å². The van der Waals surface area contributed by atoms with Gasteiger partial charge in [0.25, 0.3) is 5.91 Å². The minimum Gasteiger partial charge on any atom is -0.342 e. The number of carbonyl (C=O) groups excluding carboxylic acids is 2. The number of hydrogen-bond donors (Lipinski definition) is 0. The van der Waals surface area contributed by atoms with Crippen molar-refractivity contribution in [2.24, 2.45) is 5.92 Å². The molecule has 0 aliphatic carbocycles. The van der Waals surface area contributed by atoms with Gasteiger partial charge in [0.2, 0.25) is 5.91 Å². The van der Waals surface area contributed by atoms with Gasteiger partial charge in [-0.15, -0.1) is 0 Å². The molecule has 2 heterocycles. The predicted octanol–water partition coefficient (Wildman–Crippen LogP) is 3.11. The van der Waals surface area contributed by atoms with Crippen LogP contribution in [-0.2, 0) is 11.2 Å². The van der Waals surface area contributed by atoms with Crippen LogP contribution in [0.25, 0.3) is 0 Å². The summed E-state index contributed by atoms with van der Waals surface area (Å²) >= 11 is 0. The van der Waals surface area contributed by atoms with E-state index in [1.807, 2.05) is 34.1 Å². The minimum absolute atomic E-state index is 0.144. The molecule has 0 spiro atoms. The monoisotopic (exact) mass is 328 g/mol. The molecule has 130 valence electrons. The molecule has 2 saturated heterocycles. The largest absolute Gasteiger partial charge is 0.342 e. The Labute approximate surface area is 144 Å². The third-order valence-electron chi connectivity index (χ3n) is 5.41. The third-order valence-corrected chi connectivity index (χ3v) is 5.41. The third kappa shape index (κ3) is 3.97. The molecule has 4 heteroatoms. The van der Waals surface area contributed by atoms with E-state index >= 15 is 0 Å². The van der Waals surface area contributed by atoms with Gasteiger partial charge in [-0.25, -0.2) is 0 Å². The molecule has 0 saturated carbocycles. The van der Waals surface area contributed by atoms with Gasteiger partial charge in [0.15, 0.2) is 0 Å². The summed E-state index contributed by atoms with van der Waals surface area (Å²) < 4.78 is 0. The number of hydrogen-bond acceptors (Lipinski definition) is 2. The van der Waals surface area contributed by atoms with Gasteiger partial charge in [0.1, 0.15) is 0 Å². The first-order chi connectivity index (χ1) is 11.7. The fourth-order valence-electron chi connectivity index (χ4n) is 3.75. The first-order valence-corrected chi connectivity index (χ1v) is 9.33. The van der Waals surface area contributed by atoms with Crippen molar-refractivity contribution in [2.75, 3.05) is 26.2 Å². The second kappa shape index (κ2) is 7.82. The predicted molar refractivity (Wildman–Crippen MR) is 94.9 cm³/mol. The number of aryl methyl sites for hydroxylation is 1. The van der Waals surface area contributed by atoms with Gasteiger partial charge in [-0.3, -0.25) is 9.59 Å². The highest BCUT2D eigenvalue weighted by atomic mass is 16.2. The van der Waals surface area contributed by atoms with Crippen molar-refractivity contribution in [2.45, 2.75) is 45.4 Å². The van der Waals surface area contributed by atoms with Crippen LogP contribution in [0.5, 0.6) is 0 Å². The Hall–Kier alpha value is -1.84. The van der Waals surface area contributed by atoms with Crippen LogP contribution in [0.1, 0.15) is 54.9 Å². The van der Waals surface area contributed by atoms with Gasteiger partial charge in [-0.1, -0.05) is 19.1 Å². The Bertz CT molecular complexity index is 574. The zero-order valence-corrected chi connectivity index (χ0v) is 14.7. The summed E-state index contributed by atoms with van der Waals surface area (Å²) in [4.78, 5) is 28.6. The topological polar surface area (TPSA) is 40.6 Å². The standard InChI is InChI=1S/C20H28N2O2/c1-2-16-6-8-18(9-7-16)20(24)21-13-10-17(11-14-21)15-22-12-4-3-5-19(22)23/h6-9,17H,2-5,10-15H2,1H3. The average molecular weight is 328 g/mol. The summed E-state index contributed by atoms with van der Waals surface area (Å²) in [5, 5.41) is 0. The number of piperidine rings is 2. The van der Waals surface area contributed by atoms with Gasteiger partial charge in [-0.2, -0.15) is 0 Å². The molecule has 0 aromatic heterocycles. The van der Waals surface area contributed by atoms with Gasteiger partial charge in [0.05, 0.1) is 0 Å². The first-order valence-electron chi connectivity index (χ1n) is 9.33. The molecule has 0 radical (unpaired) electrons. The van der Waals surface area contributed by atoms with E-state index in [0.717, 1.165) is 63.8 Å². The number of likely N-dealkylation sites (tertiary alicyclic amines) is 2. The fraction of sp³-hybridized carbons (Fsp3) is 0.600. The van der Waals surface area contributed by atoms with Crippen LogP contribution in [-0.4, -0.2) is 47.8 Å². The maximum Gasteiger partial charge on any atom is 0.253 e. The summed E-state index contributed by atoms with van der Waals surface area (Å²) in [6.07, 6.45) is 5.89. The van der Waals surface area contributed by atoms with E-state index in [1.54, 1.807) is 0 Å². The van der Waals surface area contributed by atoms with Crippen molar-refractivity contribution >= 4 is 11.8 Å². The van der Waals surface area contributed by atoms with Crippen molar-refractivity contribution in [1.82, 2.24) is 9.80 Å². The maximum absolute atomic E-state index is 12.6. The molecular formula is C20H28N2O2. The normalized spacial score (nSPS) is 19.6. The molecule has 4 nitrogen and oxygen atoms in total. The Morgan fingerprint density at radius 3 is 2.42 bits per heavy atom. The van der Waals surface area contributed by atoms with E-state index in [-0.39, 0.29) is 5.91 Å². The highest BCUT2D eigenvalue weighted by molar-refractivity contribution is 5.94. The van der Waals surface area contributed by atoms with E-state index in [0.29, 0.717) is 18.2 Å². The Kier molecular flexibility index (Phi) is 5.54. The molecule has 1 aromatic carbocycles. The van der Waals surface area contributed by atoms with E-state index in [4.69, 9.17) is 0 Å². The van der Waals surface area contributed by atoms with Crippen LogP contribution in [0.4, 0.5) is 0 Å². The average Bonchev–Trinajstić information content (AvgIpc) is 2.64. The molecule has 2 aliphatic rings. The van der Waals surface area contributed by atoms with E-state index in [1.165, 1.54) is 5.56 Å². The van der Waals surface area contributed by atoms with E-state index in [9.17, 15) is 9.59 Å². The van der Waals surface area contributed by atoms with Gasteiger partial charge >= 0.3 is 0 Å². The minimum atomic E-state index is 0.144. The Morgan fingerprint density at radius 1 is 1.08 bits per heavy atom. The maximum atomic E-state index is 12.6. The lowest BCUT2D eigenvalue weighted by atomic mass is 9.94. The number of benzene rings is 1. The van der Waals surface area contributed by atoms with E-state index < -0.39 is 0 Å². The van der Waals surface area contributed by atoms with Crippen molar-refractivity contribution in [3.8, 4) is 0 Å². The molecule has 0 atom stereocenters. The van der Waals surface area contributed by atoms with Crippen LogP contribution in [0.2, 0.25) is 0 Å². The fourth-order valence-corrected chi connectivity index (χ4v) is 3.75. The van der Waals surface area contributed by atoms with Crippen LogP contribution >= 0.6 is 0 Å². The molecule has 2 aliphatic heterocycles. The molecule has 3 rings (SSSR count).